The van der Waals surface area contributed by atoms with E-state index in [1.54, 1.807) is 30.3 Å². The zero-order chi connectivity index (χ0) is 18.7. The first-order chi connectivity index (χ1) is 12.4. The van der Waals surface area contributed by atoms with E-state index in [0.29, 0.717) is 5.69 Å². The lowest BCUT2D eigenvalue weighted by Gasteiger charge is -2.19. The van der Waals surface area contributed by atoms with Crippen molar-refractivity contribution < 1.29 is 17.6 Å². The zero-order valence-electron chi connectivity index (χ0n) is 13.7. The molecule has 0 saturated heterocycles. The Morgan fingerprint density at radius 2 is 1.81 bits per heavy atom. The third-order valence-corrected chi connectivity index (χ3v) is 6.55. The first-order valence-electron chi connectivity index (χ1n) is 7.58. The van der Waals surface area contributed by atoms with Gasteiger partial charge in [-0.05, 0) is 41.8 Å². The molecule has 0 spiro atoms. The van der Waals surface area contributed by atoms with Crippen molar-refractivity contribution in [2.24, 2.45) is 0 Å². The van der Waals surface area contributed by atoms with E-state index in [-0.39, 0.29) is 15.5 Å². The number of carbonyl (C=O) groups excluding carboxylic acids is 1. The minimum atomic E-state index is -3.92. The fraction of sp³-hybridized carbons (Fsp3) is 0.0556. The highest BCUT2D eigenvalue weighted by Gasteiger charge is 2.28. The minimum Gasteiger partial charge on any atom is -0.321 e. The number of halogens is 1. The lowest BCUT2D eigenvalue weighted by molar-refractivity contribution is 0.102. The van der Waals surface area contributed by atoms with Gasteiger partial charge in [-0.3, -0.25) is 9.10 Å². The number of anilines is 2. The van der Waals surface area contributed by atoms with Crippen molar-refractivity contribution in [1.29, 1.82) is 0 Å². The first kappa shape index (κ1) is 18.1. The molecule has 0 unspecified atom stereocenters. The van der Waals surface area contributed by atoms with Gasteiger partial charge in [0.25, 0.3) is 15.9 Å². The van der Waals surface area contributed by atoms with Crippen LogP contribution in [0.2, 0.25) is 0 Å². The van der Waals surface area contributed by atoms with Gasteiger partial charge in [-0.15, -0.1) is 11.3 Å². The van der Waals surface area contributed by atoms with Gasteiger partial charge in [0, 0.05) is 12.7 Å². The van der Waals surface area contributed by atoms with Crippen LogP contribution in [0.4, 0.5) is 15.8 Å². The van der Waals surface area contributed by atoms with Gasteiger partial charge < -0.3 is 5.32 Å². The summed E-state index contributed by atoms with van der Waals surface area (Å²) in [4.78, 5) is 12.5. The van der Waals surface area contributed by atoms with E-state index in [0.717, 1.165) is 21.7 Å². The first-order valence-corrected chi connectivity index (χ1v) is 9.90. The standard InChI is InChI=1S/C18H15FN2O3S2/c1-21(15-8-3-2-4-9-15)26(23,24)16-10-11-25-17(16)18(22)20-14-7-5-6-13(19)12-14/h2-12H,1H3,(H,20,22). The number of sulfonamides is 1. The maximum atomic E-state index is 13.3. The van der Waals surface area contributed by atoms with Crippen LogP contribution in [0.15, 0.2) is 70.9 Å². The molecule has 3 rings (SSSR count). The smallest absolute Gasteiger partial charge is 0.267 e. The number of nitrogens with one attached hydrogen (secondary N) is 1. The van der Waals surface area contributed by atoms with Gasteiger partial charge in [0.15, 0.2) is 0 Å². The Kier molecular flexibility index (Phi) is 5.06. The highest BCUT2D eigenvalue weighted by atomic mass is 32.2. The molecule has 26 heavy (non-hydrogen) atoms. The van der Waals surface area contributed by atoms with Crippen molar-refractivity contribution in [3.8, 4) is 0 Å². The van der Waals surface area contributed by atoms with E-state index in [2.05, 4.69) is 5.32 Å². The van der Waals surface area contributed by atoms with Crippen molar-refractivity contribution in [1.82, 2.24) is 0 Å². The Hall–Kier alpha value is -2.71. The molecule has 0 aliphatic carbocycles. The average molecular weight is 390 g/mol. The van der Waals surface area contributed by atoms with Crippen LogP contribution in [0.3, 0.4) is 0 Å². The Balaban J connectivity index is 1.91. The molecule has 5 nitrogen and oxygen atoms in total. The average Bonchev–Trinajstić information content (AvgIpc) is 3.12. The fourth-order valence-corrected chi connectivity index (χ4v) is 4.83. The van der Waals surface area contributed by atoms with Crippen LogP contribution < -0.4 is 9.62 Å². The number of para-hydroxylation sites is 1. The molecule has 1 amide bonds. The molecule has 1 aromatic heterocycles. The maximum absolute atomic E-state index is 13.3. The number of nitrogens with zero attached hydrogens (tertiary/aromatic N) is 1. The topological polar surface area (TPSA) is 66.5 Å². The Bertz CT molecular complexity index is 1030. The van der Waals surface area contributed by atoms with Gasteiger partial charge in [-0.2, -0.15) is 0 Å². The van der Waals surface area contributed by atoms with Crippen LogP contribution >= 0.6 is 11.3 Å². The number of hydrogen-bond acceptors (Lipinski definition) is 4. The van der Waals surface area contributed by atoms with Gasteiger partial charge in [0.05, 0.1) is 5.69 Å². The molecule has 0 radical (unpaired) electrons. The second-order valence-corrected chi connectivity index (χ2v) is 8.24. The lowest BCUT2D eigenvalue weighted by Crippen LogP contribution is -2.28. The Morgan fingerprint density at radius 1 is 1.08 bits per heavy atom. The summed E-state index contributed by atoms with van der Waals surface area (Å²) in [7, 11) is -2.49. The summed E-state index contributed by atoms with van der Waals surface area (Å²) in [5.41, 5.74) is 0.735. The lowest BCUT2D eigenvalue weighted by atomic mass is 10.3. The third kappa shape index (κ3) is 3.61. The molecule has 0 bridgehead atoms. The summed E-state index contributed by atoms with van der Waals surface area (Å²) < 4.78 is 40.2. The van der Waals surface area contributed by atoms with Gasteiger partial charge >= 0.3 is 0 Å². The van der Waals surface area contributed by atoms with E-state index in [4.69, 9.17) is 0 Å². The summed E-state index contributed by atoms with van der Waals surface area (Å²) in [6, 6.07) is 15.4. The van der Waals surface area contributed by atoms with E-state index >= 15 is 0 Å². The number of hydrogen-bond donors (Lipinski definition) is 1. The van der Waals surface area contributed by atoms with E-state index in [1.165, 1.54) is 36.7 Å². The highest BCUT2D eigenvalue weighted by Crippen LogP contribution is 2.28. The fourth-order valence-electron chi connectivity index (χ4n) is 2.34. The number of carbonyl (C=O) groups is 1. The largest absolute Gasteiger partial charge is 0.321 e. The second-order valence-electron chi connectivity index (χ2n) is 5.39. The summed E-state index contributed by atoms with van der Waals surface area (Å²) in [5, 5.41) is 4.06. The minimum absolute atomic E-state index is 0.0389. The predicted octanol–water partition coefficient (Wildman–Crippen LogP) is 3.96. The molecule has 1 heterocycles. The molecule has 0 aliphatic rings. The summed E-state index contributed by atoms with van der Waals surface area (Å²) in [5.74, 6) is -1.10. The molecule has 0 aliphatic heterocycles. The van der Waals surface area contributed by atoms with Crippen molar-refractivity contribution in [2.45, 2.75) is 4.90 Å². The molecule has 0 saturated carbocycles. The van der Waals surface area contributed by atoms with Crippen molar-refractivity contribution in [3.63, 3.8) is 0 Å². The molecular formula is C18H15FN2O3S2. The third-order valence-electron chi connectivity index (χ3n) is 3.68. The Labute approximate surface area is 154 Å². The van der Waals surface area contributed by atoms with E-state index in [1.807, 2.05) is 0 Å². The van der Waals surface area contributed by atoms with Crippen LogP contribution in [0.5, 0.6) is 0 Å². The summed E-state index contributed by atoms with van der Waals surface area (Å²) >= 11 is 1.01. The van der Waals surface area contributed by atoms with Gasteiger partial charge in [0.1, 0.15) is 15.6 Å². The van der Waals surface area contributed by atoms with Crippen molar-refractivity contribution in [3.05, 3.63) is 76.7 Å². The number of rotatable bonds is 5. The number of amides is 1. The molecule has 1 N–H and O–H groups in total. The molecule has 0 atom stereocenters. The van der Waals surface area contributed by atoms with Crippen molar-refractivity contribution in [2.75, 3.05) is 16.7 Å². The van der Waals surface area contributed by atoms with Crippen LogP contribution in [-0.4, -0.2) is 21.4 Å². The summed E-state index contributed by atoms with van der Waals surface area (Å²) in [6.45, 7) is 0. The monoisotopic (exact) mass is 390 g/mol. The second kappa shape index (κ2) is 7.27. The van der Waals surface area contributed by atoms with Gasteiger partial charge in [-0.1, -0.05) is 24.3 Å². The van der Waals surface area contributed by atoms with Gasteiger partial charge in [-0.25, -0.2) is 12.8 Å². The van der Waals surface area contributed by atoms with Crippen molar-refractivity contribution >= 4 is 38.6 Å². The number of benzene rings is 2. The SMILES string of the molecule is CN(c1ccccc1)S(=O)(=O)c1ccsc1C(=O)Nc1cccc(F)c1. The molecule has 8 heteroatoms. The zero-order valence-corrected chi connectivity index (χ0v) is 15.4. The molecular weight excluding hydrogens is 375 g/mol. The normalized spacial score (nSPS) is 11.2. The molecule has 134 valence electrons. The molecule has 0 fully saturated rings. The van der Waals surface area contributed by atoms with Crippen LogP contribution in [0.25, 0.3) is 0 Å². The van der Waals surface area contributed by atoms with E-state index in [9.17, 15) is 17.6 Å². The quantitative estimate of drug-likeness (QED) is 0.717. The molecule has 3 aromatic rings. The van der Waals surface area contributed by atoms with Crippen LogP contribution in [0.1, 0.15) is 9.67 Å². The van der Waals surface area contributed by atoms with E-state index < -0.39 is 21.7 Å². The van der Waals surface area contributed by atoms with Gasteiger partial charge in [0.2, 0.25) is 0 Å². The molecule has 2 aromatic carbocycles. The highest BCUT2D eigenvalue weighted by molar-refractivity contribution is 7.93. The number of thiophene rings is 1. The van der Waals surface area contributed by atoms with Crippen LogP contribution in [-0.2, 0) is 10.0 Å². The summed E-state index contributed by atoms with van der Waals surface area (Å²) in [6.07, 6.45) is 0. The Morgan fingerprint density at radius 3 is 2.50 bits per heavy atom. The maximum Gasteiger partial charge on any atom is 0.267 e. The van der Waals surface area contributed by atoms with Crippen LogP contribution in [0, 0.1) is 5.82 Å². The predicted molar refractivity (Wildman–Crippen MR) is 101 cm³/mol.